The lowest BCUT2D eigenvalue weighted by Crippen LogP contribution is -2.60. The van der Waals surface area contributed by atoms with Crippen molar-refractivity contribution < 1.29 is 54.1 Å². The minimum absolute atomic E-state index is 0.0134. The number of carbonyl (C=O) groups excluding carboxylic acids is 1. The maximum Gasteiger partial charge on any atom is 0.338 e. The molecule has 2 heterocycles. The molecule has 11 heteroatoms. The first-order valence-electron chi connectivity index (χ1n) is 11.0. The normalized spacial score (nSPS) is 39.5. The van der Waals surface area contributed by atoms with Gasteiger partial charge in [-0.15, -0.1) is 0 Å². The zero-order valence-electron chi connectivity index (χ0n) is 18.3. The van der Waals surface area contributed by atoms with E-state index in [2.05, 4.69) is 0 Å². The molecule has 10 atom stereocenters. The SMILES string of the molecule is C[C@@H]1[C@H]2[C@@H](O[C@@H]3O[C@H](COC(=O)c4ccccc4)[C@@H](O)[C@H](O)[C@H]3O)OC=C(C(=O)O)[C@H]2C[C@@H]1O. The highest BCUT2D eigenvalue weighted by Crippen LogP contribution is 2.47. The molecule has 3 aliphatic rings. The summed E-state index contributed by atoms with van der Waals surface area (Å²) in [6, 6.07) is 8.17. The zero-order chi connectivity index (χ0) is 24.6. The molecule has 1 saturated carbocycles. The van der Waals surface area contributed by atoms with Crippen LogP contribution in [0, 0.1) is 17.8 Å². The second kappa shape index (κ2) is 9.98. The van der Waals surface area contributed by atoms with Gasteiger partial charge in [0, 0.05) is 11.8 Å². The maximum atomic E-state index is 12.2. The van der Waals surface area contributed by atoms with Crippen LogP contribution < -0.4 is 0 Å². The largest absolute Gasteiger partial charge is 0.478 e. The predicted molar refractivity (Wildman–Crippen MR) is 112 cm³/mol. The molecule has 0 radical (unpaired) electrons. The summed E-state index contributed by atoms with van der Waals surface area (Å²) in [6.07, 6.45) is -8.19. The van der Waals surface area contributed by atoms with Crippen molar-refractivity contribution in [2.75, 3.05) is 6.61 Å². The van der Waals surface area contributed by atoms with Gasteiger partial charge in [-0.3, -0.25) is 0 Å². The van der Waals surface area contributed by atoms with Crippen LogP contribution >= 0.6 is 0 Å². The average Bonchev–Trinajstić information content (AvgIpc) is 3.13. The Morgan fingerprint density at radius 3 is 2.41 bits per heavy atom. The van der Waals surface area contributed by atoms with E-state index in [9.17, 15) is 35.1 Å². The number of rotatable bonds is 6. The van der Waals surface area contributed by atoms with E-state index in [1.54, 1.807) is 37.3 Å². The fourth-order valence-corrected chi connectivity index (χ4v) is 4.79. The molecular weight excluding hydrogens is 452 g/mol. The Kier molecular flexibility index (Phi) is 7.22. The molecule has 0 bridgehead atoms. The number of ether oxygens (including phenoxy) is 4. The molecule has 186 valence electrons. The lowest BCUT2D eigenvalue weighted by atomic mass is 9.83. The van der Waals surface area contributed by atoms with E-state index in [1.165, 1.54) is 0 Å². The van der Waals surface area contributed by atoms with Gasteiger partial charge in [-0.05, 0) is 24.5 Å². The number of fused-ring (bicyclic) bond motifs is 1. The minimum atomic E-state index is -1.67. The number of aliphatic hydroxyl groups excluding tert-OH is 4. The molecule has 1 aliphatic carbocycles. The zero-order valence-corrected chi connectivity index (χ0v) is 18.3. The molecule has 1 aromatic carbocycles. The molecule has 4 rings (SSSR count). The minimum Gasteiger partial charge on any atom is -0.478 e. The van der Waals surface area contributed by atoms with E-state index >= 15 is 0 Å². The van der Waals surface area contributed by atoms with Gasteiger partial charge in [-0.2, -0.15) is 0 Å². The van der Waals surface area contributed by atoms with Crippen molar-refractivity contribution in [3.63, 3.8) is 0 Å². The Bertz CT molecular complexity index is 919. The summed E-state index contributed by atoms with van der Waals surface area (Å²) in [4.78, 5) is 23.8. The summed E-state index contributed by atoms with van der Waals surface area (Å²) in [5, 5.41) is 50.8. The summed E-state index contributed by atoms with van der Waals surface area (Å²) in [5.41, 5.74) is 0.303. The molecule has 2 aliphatic heterocycles. The topological polar surface area (TPSA) is 172 Å². The summed E-state index contributed by atoms with van der Waals surface area (Å²) < 4.78 is 22.1. The monoisotopic (exact) mass is 480 g/mol. The third-order valence-corrected chi connectivity index (χ3v) is 6.79. The van der Waals surface area contributed by atoms with Crippen LogP contribution in [-0.2, 0) is 23.7 Å². The van der Waals surface area contributed by atoms with Gasteiger partial charge in [0.05, 0.1) is 23.5 Å². The highest BCUT2D eigenvalue weighted by molar-refractivity contribution is 5.89. The van der Waals surface area contributed by atoms with Gasteiger partial charge in [0.25, 0.3) is 0 Å². The fourth-order valence-electron chi connectivity index (χ4n) is 4.79. The second-order valence-electron chi connectivity index (χ2n) is 8.84. The van der Waals surface area contributed by atoms with Crippen LogP contribution in [0.3, 0.4) is 0 Å². The Labute approximate surface area is 195 Å². The third-order valence-electron chi connectivity index (χ3n) is 6.79. The van der Waals surface area contributed by atoms with Crippen molar-refractivity contribution in [2.45, 2.75) is 56.4 Å². The van der Waals surface area contributed by atoms with Crippen LogP contribution in [0.4, 0.5) is 0 Å². The summed E-state index contributed by atoms with van der Waals surface area (Å²) >= 11 is 0. The van der Waals surface area contributed by atoms with E-state index in [-0.39, 0.29) is 23.5 Å². The third kappa shape index (κ3) is 4.67. The van der Waals surface area contributed by atoms with Gasteiger partial charge in [0.2, 0.25) is 6.29 Å². The summed E-state index contributed by atoms with van der Waals surface area (Å²) in [5.74, 6) is -3.30. The number of esters is 1. The van der Waals surface area contributed by atoms with Crippen molar-refractivity contribution in [1.82, 2.24) is 0 Å². The number of hydrogen-bond donors (Lipinski definition) is 5. The molecular formula is C23H28O11. The van der Waals surface area contributed by atoms with Gasteiger partial charge < -0.3 is 44.5 Å². The van der Waals surface area contributed by atoms with Crippen molar-refractivity contribution in [2.24, 2.45) is 17.8 Å². The van der Waals surface area contributed by atoms with Crippen LogP contribution in [0.2, 0.25) is 0 Å². The van der Waals surface area contributed by atoms with Gasteiger partial charge in [-0.25, -0.2) is 9.59 Å². The van der Waals surface area contributed by atoms with E-state index < -0.39 is 73.5 Å². The lowest BCUT2D eigenvalue weighted by molar-refractivity contribution is -0.342. The van der Waals surface area contributed by atoms with Crippen LogP contribution in [0.25, 0.3) is 0 Å². The second-order valence-corrected chi connectivity index (χ2v) is 8.84. The molecule has 11 nitrogen and oxygen atoms in total. The van der Waals surface area contributed by atoms with Crippen molar-refractivity contribution in [3.05, 3.63) is 47.7 Å². The first-order valence-corrected chi connectivity index (χ1v) is 11.0. The van der Waals surface area contributed by atoms with Crippen molar-refractivity contribution in [1.29, 1.82) is 0 Å². The maximum absolute atomic E-state index is 12.2. The van der Waals surface area contributed by atoms with Gasteiger partial charge in [0.1, 0.15) is 31.0 Å². The molecule has 0 spiro atoms. The van der Waals surface area contributed by atoms with E-state index in [4.69, 9.17) is 18.9 Å². The number of aliphatic hydroxyl groups is 4. The van der Waals surface area contributed by atoms with Crippen LogP contribution in [0.1, 0.15) is 23.7 Å². The highest BCUT2D eigenvalue weighted by Gasteiger charge is 2.53. The van der Waals surface area contributed by atoms with E-state index in [0.29, 0.717) is 0 Å². The predicted octanol–water partition coefficient (Wildman–Crippen LogP) is -0.375. The van der Waals surface area contributed by atoms with Crippen LogP contribution in [-0.4, -0.2) is 87.2 Å². The Morgan fingerprint density at radius 1 is 1.03 bits per heavy atom. The van der Waals surface area contributed by atoms with Gasteiger partial charge >= 0.3 is 11.9 Å². The molecule has 34 heavy (non-hydrogen) atoms. The standard InChI is InChI=1S/C23H28O11/c1-10-14(24)7-12-13(20(28)29)8-32-22(16(10)12)34-23-19(27)18(26)17(25)15(33-23)9-31-21(30)11-5-3-2-4-6-11/h2-6,8,10,12,14-19,22-27H,7,9H2,1H3,(H,28,29)/t10-,12+,14-,15+,16+,17+,18-,19+,22+,23-/m0/s1. The lowest BCUT2D eigenvalue weighted by Gasteiger charge is -2.43. The highest BCUT2D eigenvalue weighted by atomic mass is 16.8. The van der Waals surface area contributed by atoms with Gasteiger partial charge in [-0.1, -0.05) is 25.1 Å². The summed E-state index contributed by atoms with van der Waals surface area (Å²) in [6.45, 7) is 1.32. The summed E-state index contributed by atoms with van der Waals surface area (Å²) in [7, 11) is 0. The first kappa shape index (κ1) is 24.6. The van der Waals surface area contributed by atoms with E-state index in [1.807, 2.05) is 0 Å². The van der Waals surface area contributed by atoms with Crippen LogP contribution in [0.15, 0.2) is 42.2 Å². The van der Waals surface area contributed by atoms with Crippen molar-refractivity contribution >= 4 is 11.9 Å². The smallest absolute Gasteiger partial charge is 0.338 e. The molecule has 2 fully saturated rings. The quantitative estimate of drug-likeness (QED) is 0.336. The number of carbonyl (C=O) groups is 2. The number of hydrogen-bond acceptors (Lipinski definition) is 10. The Morgan fingerprint density at radius 2 is 1.74 bits per heavy atom. The van der Waals surface area contributed by atoms with Crippen LogP contribution in [0.5, 0.6) is 0 Å². The molecule has 0 aromatic heterocycles. The average molecular weight is 480 g/mol. The van der Waals surface area contributed by atoms with Gasteiger partial charge in [0.15, 0.2) is 6.29 Å². The molecule has 1 aromatic rings. The molecule has 5 N–H and O–H groups in total. The Balaban J connectivity index is 1.45. The molecule has 0 amide bonds. The van der Waals surface area contributed by atoms with E-state index in [0.717, 1.165) is 6.26 Å². The number of carboxylic acid groups (broad SMARTS) is 1. The first-order chi connectivity index (χ1) is 16.2. The molecule has 1 saturated heterocycles. The fraction of sp³-hybridized carbons (Fsp3) is 0.565. The number of carboxylic acids is 1. The van der Waals surface area contributed by atoms with Crippen molar-refractivity contribution in [3.8, 4) is 0 Å². The Hall–Kier alpha value is -2.54. The number of benzene rings is 1. The molecule has 0 unspecified atom stereocenters. The number of aliphatic carboxylic acids is 1.